The molecule has 6 heteroatoms. The number of aliphatic carboxylic acids is 1. The topological polar surface area (TPSA) is 65.9 Å². The molecule has 1 atom stereocenters. The van der Waals surface area contributed by atoms with Gasteiger partial charge in [0, 0.05) is 30.5 Å². The lowest BCUT2D eigenvalue weighted by atomic mass is 10.1. The highest BCUT2D eigenvalue weighted by Crippen LogP contribution is 2.19. The molecule has 0 radical (unpaired) electrons. The molecule has 2 aromatic rings. The van der Waals surface area contributed by atoms with E-state index in [0.29, 0.717) is 12.6 Å². The zero-order valence-corrected chi connectivity index (χ0v) is 16.5. The number of pyridine rings is 1. The molecule has 1 aliphatic rings. The Bertz CT molecular complexity index is 736. The number of carboxylic acid groups (broad SMARTS) is 1. The molecule has 0 aliphatic carbocycles. The molecule has 1 saturated heterocycles. The molecule has 0 amide bonds. The van der Waals surface area contributed by atoms with Gasteiger partial charge in [0.1, 0.15) is 12.4 Å². The van der Waals surface area contributed by atoms with Crippen LogP contribution in [-0.2, 0) is 17.9 Å². The molecule has 6 nitrogen and oxygen atoms in total. The summed E-state index contributed by atoms with van der Waals surface area (Å²) in [6.45, 7) is 3.60. The third-order valence-corrected chi connectivity index (χ3v) is 5.26. The van der Waals surface area contributed by atoms with Crippen LogP contribution in [-0.4, -0.2) is 58.6 Å². The smallest absolute Gasteiger partial charge is 0.317 e. The lowest BCUT2D eigenvalue weighted by Gasteiger charge is -2.25. The van der Waals surface area contributed by atoms with Crippen molar-refractivity contribution in [2.75, 3.05) is 26.7 Å². The summed E-state index contributed by atoms with van der Waals surface area (Å²) in [5, 5.41) is 8.99. The summed E-state index contributed by atoms with van der Waals surface area (Å²) < 4.78 is 5.82. The van der Waals surface area contributed by atoms with Gasteiger partial charge in [-0.05, 0) is 63.2 Å². The van der Waals surface area contributed by atoms with Crippen LogP contribution in [0.4, 0.5) is 0 Å². The molecule has 1 aromatic carbocycles. The third kappa shape index (κ3) is 6.32. The molecule has 28 heavy (non-hydrogen) atoms. The van der Waals surface area contributed by atoms with E-state index in [1.807, 2.05) is 42.4 Å². The van der Waals surface area contributed by atoms with Gasteiger partial charge in [0.15, 0.2) is 0 Å². The Morgan fingerprint density at radius 1 is 1.21 bits per heavy atom. The van der Waals surface area contributed by atoms with Crippen LogP contribution in [0.1, 0.15) is 30.4 Å². The van der Waals surface area contributed by atoms with Crippen LogP contribution in [0.2, 0.25) is 0 Å². The predicted molar refractivity (Wildman–Crippen MR) is 108 cm³/mol. The van der Waals surface area contributed by atoms with E-state index < -0.39 is 5.97 Å². The molecular weight excluding hydrogens is 354 g/mol. The lowest BCUT2D eigenvalue weighted by molar-refractivity contribution is -0.138. The fraction of sp³-hybridized carbons (Fsp3) is 0.455. The summed E-state index contributed by atoms with van der Waals surface area (Å²) >= 11 is 0. The highest BCUT2D eigenvalue weighted by atomic mass is 16.5. The van der Waals surface area contributed by atoms with Crippen LogP contribution in [0, 0.1) is 0 Å². The number of hydrogen-bond acceptors (Lipinski definition) is 5. The van der Waals surface area contributed by atoms with Gasteiger partial charge in [0.05, 0.1) is 6.54 Å². The second-order valence-electron chi connectivity index (χ2n) is 7.46. The molecule has 0 saturated carbocycles. The van der Waals surface area contributed by atoms with Crippen molar-refractivity contribution in [1.29, 1.82) is 0 Å². The third-order valence-electron chi connectivity index (χ3n) is 5.26. The molecule has 1 N–H and O–H groups in total. The number of aromatic nitrogens is 1. The molecule has 1 fully saturated rings. The van der Waals surface area contributed by atoms with Crippen LogP contribution in [0.25, 0.3) is 0 Å². The summed E-state index contributed by atoms with van der Waals surface area (Å²) in [5.41, 5.74) is 2.32. The fourth-order valence-electron chi connectivity index (χ4n) is 3.68. The summed E-state index contributed by atoms with van der Waals surface area (Å²) in [6.07, 6.45) is 6.74. The number of nitrogens with zero attached hydrogens (tertiary/aromatic N) is 3. The number of hydrogen-bond donors (Lipinski definition) is 1. The van der Waals surface area contributed by atoms with Crippen molar-refractivity contribution in [2.45, 2.75) is 38.5 Å². The van der Waals surface area contributed by atoms with Gasteiger partial charge in [-0.15, -0.1) is 0 Å². The van der Waals surface area contributed by atoms with Gasteiger partial charge in [0.2, 0.25) is 0 Å². The fourth-order valence-corrected chi connectivity index (χ4v) is 3.68. The normalized spacial score (nSPS) is 18.0. The van der Waals surface area contributed by atoms with Gasteiger partial charge >= 0.3 is 5.97 Å². The van der Waals surface area contributed by atoms with Crippen molar-refractivity contribution in [3.8, 4) is 5.75 Å². The first kappa shape index (κ1) is 20.3. The van der Waals surface area contributed by atoms with Crippen molar-refractivity contribution in [3.05, 3.63) is 59.9 Å². The molecule has 1 unspecified atom stereocenters. The first-order valence-corrected chi connectivity index (χ1v) is 9.85. The second kappa shape index (κ2) is 10.2. The number of likely N-dealkylation sites (tertiary alicyclic amines) is 1. The minimum absolute atomic E-state index is 0.116. The Morgan fingerprint density at radius 3 is 2.75 bits per heavy atom. The van der Waals surface area contributed by atoms with Crippen molar-refractivity contribution in [1.82, 2.24) is 14.8 Å². The van der Waals surface area contributed by atoms with E-state index in [0.717, 1.165) is 50.2 Å². The van der Waals surface area contributed by atoms with Crippen LogP contribution in [0.5, 0.6) is 5.75 Å². The Balaban J connectivity index is 1.46. The summed E-state index contributed by atoms with van der Waals surface area (Å²) in [4.78, 5) is 19.5. The number of carbonyl (C=O) groups is 1. The lowest BCUT2D eigenvalue weighted by Crippen LogP contribution is -2.36. The van der Waals surface area contributed by atoms with Crippen molar-refractivity contribution in [2.24, 2.45) is 0 Å². The molecule has 0 bridgehead atoms. The minimum atomic E-state index is -0.755. The summed E-state index contributed by atoms with van der Waals surface area (Å²) in [6, 6.07) is 12.5. The zero-order chi connectivity index (χ0) is 19.8. The molecule has 1 aromatic heterocycles. The van der Waals surface area contributed by atoms with Crippen LogP contribution in [0.3, 0.4) is 0 Å². The van der Waals surface area contributed by atoms with Crippen LogP contribution in [0.15, 0.2) is 48.8 Å². The molecular formula is C22H29N3O3. The maximum atomic E-state index is 10.9. The van der Waals surface area contributed by atoms with Gasteiger partial charge < -0.3 is 9.84 Å². The van der Waals surface area contributed by atoms with E-state index >= 15 is 0 Å². The number of rotatable bonds is 8. The van der Waals surface area contributed by atoms with Gasteiger partial charge in [-0.25, -0.2) is 0 Å². The minimum Gasteiger partial charge on any atom is -0.489 e. The van der Waals surface area contributed by atoms with Crippen molar-refractivity contribution >= 4 is 5.97 Å². The highest BCUT2D eigenvalue weighted by molar-refractivity contribution is 5.69. The first-order valence-electron chi connectivity index (χ1n) is 9.85. The molecule has 0 spiro atoms. The summed E-state index contributed by atoms with van der Waals surface area (Å²) in [5.74, 6) is 0.105. The van der Waals surface area contributed by atoms with E-state index in [4.69, 9.17) is 9.84 Å². The highest BCUT2D eigenvalue weighted by Gasteiger charge is 2.21. The molecule has 2 heterocycles. The molecule has 3 rings (SSSR count). The van der Waals surface area contributed by atoms with E-state index in [1.165, 1.54) is 5.56 Å². The maximum absolute atomic E-state index is 10.9. The largest absolute Gasteiger partial charge is 0.489 e. The van der Waals surface area contributed by atoms with Crippen LogP contribution >= 0.6 is 0 Å². The number of ether oxygens (including phenoxy) is 1. The predicted octanol–water partition coefficient (Wildman–Crippen LogP) is 3.03. The zero-order valence-electron chi connectivity index (χ0n) is 16.5. The van der Waals surface area contributed by atoms with E-state index in [2.05, 4.69) is 22.0 Å². The average molecular weight is 383 g/mol. The SMILES string of the molecule is CN(CC(=O)O)C1CCCN(Cc2ccc(OCc3cccnc3)cc2)CC1. The van der Waals surface area contributed by atoms with E-state index in [9.17, 15) is 4.79 Å². The van der Waals surface area contributed by atoms with E-state index in [-0.39, 0.29) is 6.54 Å². The first-order chi connectivity index (χ1) is 13.6. The van der Waals surface area contributed by atoms with E-state index in [1.54, 1.807) is 6.20 Å². The van der Waals surface area contributed by atoms with Crippen LogP contribution < -0.4 is 4.74 Å². The molecule has 150 valence electrons. The second-order valence-corrected chi connectivity index (χ2v) is 7.46. The van der Waals surface area contributed by atoms with Gasteiger partial charge in [-0.1, -0.05) is 18.2 Å². The van der Waals surface area contributed by atoms with Crippen molar-refractivity contribution in [3.63, 3.8) is 0 Å². The molecule has 1 aliphatic heterocycles. The Labute approximate surface area is 166 Å². The standard InChI is InChI=1S/C22H29N3O3/c1-24(16-22(26)27)20-5-3-12-25(13-10-20)15-18-6-8-21(9-7-18)28-17-19-4-2-11-23-14-19/h2,4,6-9,11,14,20H,3,5,10,12-13,15-17H2,1H3,(H,26,27). The quantitative estimate of drug-likeness (QED) is 0.756. The Kier molecular flexibility index (Phi) is 7.39. The van der Waals surface area contributed by atoms with Gasteiger partial charge in [-0.3, -0.25) is 19.6 Å². The van der Waals surface area contributed by atoms with Gasteiger partial charge in [0.25, 0.3) is 0 Å². The Hall–Kier alpha value is -2.44. The van der Waals surface area contributed by atoms with Gasteiger partial charge in [-0.2, -0.15) is 0 Å². The maximum Gasteiger partial charge on any atom is 0.317 e. The summed E-state index contributed by atoms with van der Waals surface area (Å²) in [7, 11) is 1.92. The average Bonchev–Trinajstić information content (AvgIpc) is 2.93. The van der Waals surface area contributed by atoms with Crippen molar-refractivity contribution < 1.29 is 14.6 Å². The number of benzene rings is 1. The number of carboxylic acids is 1. The number of likely N-dealkylation sites (N-methyl/N-ethyl adjacent to an activating group) is 1. The Morgan fingerprint density at radius 2 is 2.04 bits per heavy atom. The monoisotopic (exact) mass is 383 g/mol.